The molecule has 1 heterocycles. The summed E-state index contributed by atoms with van der Waals surface area (Å²) in [7, 11) is 0. The molecule has 1 aliphatic rings. The second-order valence-electron chi connectivity index (χ2n) is 5.37. The highest BCUT2D eigenvalue weighted by Gasteiger charge is 2.36. The predicted octanol–water partition coefficient (Wildman–Crippen LogP) is 2.57. The number of benzene rings is 1. The summed E-state index contributed by atoms with van der Waals surface area (Å²) in [5.41, 5.74) is 0.0818. The molecule has 0 spiro atoms. The van der Waals surface area contributed by atoms with Gasteiger partial charge in [-0.3, -0.25) is 4.79 Å². The van der Waals surface area contributed by atoms with Gasteiger partial charge >= 0.3 is 6.18 Å². The molecule has 0 bridgehead atoms. The van der Waals surface area contributed by atoms with Crippen molar-refractivity contribution in [2.75, 3.05) is 25.0 Å². The second kappa shape index (κ2) is 5.93. The zero-order valence-corrected chi connectivity index (χ0v) is 11.6. The molecule has 0 saturated carbocycles. The van der Waals surface area contributed by atoms with Gasteiger partial charge in [0.05, 0.1) is 5.41 Å². The van der Waals surface area contributed by atoms with Crippen molar-refractivity contribution in [3.63, 3.8) is 0 Å². The average Bonchev–Trinajstić information content (AvgIpc) is 2.85. The van der Waals surface area contributed by atoms with Crippen LogP contribution in [-0.4, -0.2) is 31.8 Å². The molecule has 116 valence electrons. The monoisotopic (exact) mass is 302 g/mol. The van der Waals surface area contributed by atoms with E-state index in [2.05, 4.69) is 15.4 Å². The van der Waals surface area contributed by atoms with E-state index in [1.165, 1.54) is 24.3 Å². The summed E-state index contributed by atoms with van der Waals surface area (Å²) in [5.74, 6) is 0.00975. The first-order valence-corrected chi connectivity index (χ1v) is 6.60. The van der Waals surface area contributed by atoms with Crippen LogP contribution in [0.15, 0.2) is 24.3 Å². The van der Waals surface area contributed by atoms with E-state index in [1.54, 1.807) is 0 Å². The minimum absolute atomic E-state index is 0.101. The fraction of sp³-hybridized carbons (Fsp3) is 0.500. The Morgan fingerprint density at radius 3 is 2.57 bits per heavy atom. The molecule has 1 aromatic rings. The molecule has 1 aromatic carbocycles. The van der Waals surface area contributed by atoms with Crippen molar-refractivity contribution in [1.29, 1.82) is 0 Å². The molecule has 1 aliphatic heterocycles. The molecule has 7 heteroatoms. The Labute approximate surface area is 120 Å². The van der Waals surface area contributed by atoms with Crippen LogP contribution in [0.1, 0.15) is 13.3 Å². The molecule has 2 rings (SSSR count). The number of halogens is 3. The van der Waals surface area contributed by atoms with Crippen molar-refractivity contribution < 1.29 is 22.7 Å². The molecule has 0 radical (unpaired) electrons. The lowest BCUT2D eigenvalue weighted by Gasteiger charge is -2.21. The van der Waals surface area contributed by atoms with Gasteiger partial charge in [0.25, 0.3) is 0 Å². The minimum Gasteiger partial charge on any atom is -0.484 e. The van der Waals surface area contributed by atoms with Crippen molar-refractivity contribution in [3.05, 3.63) is 24.3 Å². The van der Waals surface area contributed by atoms with E-state index < -0.39 is 18.2 Å². The number of hydrogen-bond donors (Lipinski definition) is 2. The third kappa shape index (κ3) is 4.35. The number of carbonyl (C=O) groups excluding carboxylic acids is 1. The Hall–Kier alpha value is -1.76. The van der Waals surface area contributed by atoms with Crippen LogP contribution in [0, 0.1) is 5.41 Å². The van der Waals surface area contributed by atoms with Gasteiger partial charge in [0.15, 0.2) is 6.61 Å². The number of amides is 1. The summed E-state index contributed by atoms with van der Waals surface area (Å²) in [4.78, 5) is 12.1. The Bertz CT molecular complexity index is 494. The molecule has 2 N–H and O–H groups in total. The molecule has 1 atom stereocenters. The minimum atomic E-state index is -4.36. The van der Waals surface area contributed by atoms with Gasteiger partial charge in [-0.15, -0.1) is 0 Å². The molecule has 4 nitrogen and oxygen atoms in total. The van der Waals surface area contributed by atoms with Crippen LogP contribution in [0.3, 0.4) is 0 Å². The van der Waals surface area contributed by atoms with Gasteiger partial charge in [0, 0.05) is 12.2 Å². The lowest BCUT2D eigenvalue weighted by Crippen LogP contribution is -2.35. The zero-order valence-electron chi connectivity index (χ0n) is 11.6. The highest BCUT2D eigenvalue weighted by Crippen LogP contribution is 2.27. The first-order valence-electron chi connectivity index (χ1n) is 6.60. The van der Waals surface area contributed by atoms with E-state index in [1.807, 2.05) is 6.92 Å². The highest BCUT2D eigenvalue weighted by atomic mass is 19.4. The largest absolute Gasteiger partial charge is 0.484 e. The van der Waals surface area contributed by atoms with Crippen molar-refractivity contribution in [2.45, 2.75) is 19.5 Å². The molecule has 1 unspecified atom stereocenters. The third-order valence-electron chi connectivity index (χ3n) is 3.43. The molecule has 1 fully saturated rings. The number of alkyl halides is 3. The molecule has 0 aliphatic carbocycles. The van der Waals surface area contributed by atoms with E-state index in [0.29, 0.717) is 12.2 Å². The Morgan fingerprint density at radius 1 is 1.38 bits per heavy atom. The van der Waals surface area contributed by atoms with Crippen molar-refractivity contribution in [3.8, 4) is 5.75 Å². The molecular weight excluding hydrogens is 285 g/mol. The lowest BCUT2D eigenvalue weighted by molar-refractivity contribution is -0.153. The van der Waals surface area contributed by atoms with E-state index in [9.17, 15) is 18.0 Å². The highest BCUT2D eigenvalue weighted by molar-refractivity contribution is 5.95. The number of carbonyl (C=O) groups is 1. The van der Waals surface area contributed by atoms with Crippen molar-refractivity contribution >= 4 is 11.6 Å². The standard InChI is InChI=1S/C14H17F3N2O2/c1-13(6-7-18-8-13)12(20)19-10-2-4-11(5-3-10)21-9-14(15,16)17/h2-5,18H,6-9H2,1H3,(H,19,20). The quantitative estimate of drug-likeness (QED) is 0.899. The summed E-state index contributed by atoms with van der Waals surface area (Å²) in [5, 5.41) is 5.90. The SMILES string of the molecule is CC1(C(=O)Nc2ccc(OCC(F)(F)F)cc2)CCNC1. The second-order valence-corrected chi connectivity index (χ2v) is 5.37. The summed E-state index contributed by atoms with van der Waals surface area (Å²) in [6, 6.07) is 5.85. The predicted molar refractivity (Wildman–Crippen MR) is 72.2 cm³/mol. The number of ether oxygens (including phenoxy) is 1. The van der Waals surface area contributed by atoms with Crippen LogP contribution in [0.2, 0.25) is 0 Å². The number of hydrogen-bond acceptors (Lipinski definition) is 3. The van der Waals surface area contributed by atoms with E-state index >= 15 is 0 Å². The molecule has 1 saturated heterocycles. The van der Waals surface area contributed by atoms with E-state index in [0.717, 1.165) is 13.0 Å². The van der Waals surface area contributed by atoms with Crippen molar-refractivity contribution in [1.82, 2.24) is 5.32 Å². The number of rotatable bonds is 4. The number of anilines is 1. The maximum atomic E-state index is 12.1. The fourth-order valence-corrected chi connectivity index (χ4v) is 2.09. The van der Waals surface area contributed by atoms with Gasteiger partial charge in [-0.1, -0.05) is 0 Å². The molecular formula is C14H17F3N2O2. The summed E-state index contributed by atoms with van der Waals surface area (Å²) in [6.45, 7) is 1.96. The summed E-state index contributed by atoms with van der Waals surface area (Å²) in [6.07, 6.45) is -3.61. The average molecular weight is 302 g/mol. The Balaban J connectivity index is 1.92. The Morgan fingerprint density at radius 2 is 2.05 bits per heavy atom. The third-order valence-corrected chi connectivity index (χ3v) is 3.43. The van der Waals surface area contributed by atoms with Gasteiger partial charge in [-0.2, -0.15) is 13.2 Å². The van der Waals surface area contributed by atoms with Crippen LogP contribution in [-0.2, 0) is 4.79 Å². The fourth-order valence-electron chi connectivity index (χ4n) is 2.09. The van der Waals surface area contributed by atoms with Gasteiger partial charge in [-0.05, 0) is 44.2 Å². The van der Waals surface area contributed by atoms with E-state index in [4.69, 9.17) is 0 Å². The van der Waals surface area contributed by atoms with Gasteiger partial charge in [-0.25, -0.2) is 0 Å². The van der Waals surface area contributed by atoms with Crippen LogP contribution in [0.5, 0.6) is 5.75 Å². The summed E-state index contributed by atoms with van der Waals surface area (Å²) < 4.78 is 40.7. The molecule has 21 heavy (non-hydrogen) atoms. The molecule has 1 amide bonds. The zero-order chi connectivity index (χ0) is 15.5. The normalized spacial score (nSPS) is 22.1. The van der Waals surface area contributed by atoms with Crippen LogP contribution < -0.4 is 15.4 Å². The first kappa shape index (κ1) is 15.6. The Kier molecular flexibility index (Phi) is 4.41. The van der Waals surface area contributed by atoms with E-state index in [-0.39, 0.29) is 11.7 Å². The van der Waals surface area contributed by atoms with Gasteiger partial charge in [0.1, 0.15) is 5.75 Å². The van der Waals surface area contributed by atoms with Crippen LogP contribution in [0.4, 0.5) is 18.9 Å². The van der Waals surface area contributed by atoms with Crippen LogP contribution in [0.25, 0.3) is 0 Å². The maximum Gasteiger partial charge on any atom is 0.422 e. The summed E-state index contributed by atoms with van der Waals surface area (Å²) >= 11 is 0. The van der Waals surface area contributed by atoms with Crippen molar-refractivity contribution in [2.24, 2.45) is 5.41 Å². The lowest BCUT2D eigenvalue weighted by atomic mass is 9.89. The van der Waals surface area contributed by atoms with Crippen LogP contribution >= 0.6 is 0 Å². The van der Waals surface area contributed by atoms with Gasteiger partial charge < -0.3 is 15.4 Å². The number of nitrogens with one attached hydrogen (secondary N) is 2. The first-order chi connectivity index (χ1) is 9.78. The maximum absolute atomic E-state index is 12.1. The smallest absolute Gasteiger partial charge is 0.422 e. The van der Waals surface area contributed by atoms with Gasteiger partial charge in [0.2, 0.25) is 5.91 Å². The topological polar surface area (TPSA) is 50.4 Å². The molecule has 0 aromatic heterocycles.